The van der Waals surface area contributed by atoms with Crippen LogP contribution in [-0.2, 0) is 9.59 Å². The molecule has 1 heterocycles. The Morgan fingerprint density at radius 2 is 2.10 bits per heavy atom. The lowest BCUT2D eigenvalue weighted by Crippen LogP contribution is -2.45. The molecule has 8 nitrogen and oxygen atoms in total. The minimum Gasteiger partial charge on any atom is -0.480 e. The number of aromatic nitrogens is 1. The summed E-state index contributed by atoms with van der Waals surface area (Å²) in [5, 5.41) is 15.6. The zero-order valence-electron chi connectivity index (χ0n) is 11.0. The van der Waals surface area contributed by atoms with E-state index in [0.717, 1.165) is 5.69 Å². The fourth-order valence-electron chi connectivity index (χ4n) is 1.30. The number of carbonyl (C=O) groups excluding carboxylic acids is 2. The minimum atomic E-state index is -1.36. The van der Waals surface area contributed by atoms with Crippen molar-refractivity contribution >= 4 is 34.4 Å². The third-order valence-electron chi connectivity index (χ3n) is 2.34. The lowest BCUT2D eigenvalue weighted by atomic mass is 10.2. The first kappa shape index (κ1) is 15.9. The van der Waals surface area contributed by atoms with Crippen molar-refractivity contribution in [3.63, 3.8) is 0 Å². The molecule has 0 spiro atoms. The lowest BCUT2D eigenvalue weighted by Gasteiger charge is -2.12. The van der Waals surface area contributed by atoms with Gasteiger partial charge in [0.15, 0.2) is 5.13 Å². The minimum absolute atomic E-state index is 0.228. The molecular weight excluding hydrogens is 284 g/mol. The van der Waals surface area contributed by atoms with Crippen molar-refractivity contribution in [3.05, 3.63) is 11.1 Å². The van der Waals surface area contributed by atoms with Gasteiger partial charge in [0.05, 0.1) is 12.1 Å². The number of hydrogen-bond acceptors (Lipinski definition) is 5. The van der Waals surface area contributed by atoms with Crippen LogP contribution in [0.15, 0.2) is 5.38 Å². The summed E-state index contributed by atoms with van der Waals surface area (Å²) in [7, 11) is 0. The Morgan fingerprint density at radius 3 is 2.55 bits per heavy atom. The molecule has 0 aliphatic carbocycles. The molecule has 0 saturated carbocycles. The number of rotatable bonds is 6. The molecule has 1 rings (SSSR count). The summed E-state index contributed by atoms with van der Waals surface area (Å²) in [6.07, 6.45) is -0.474. The number of carboxylic acid groups (broad SMARTS) is 1. The van der Waals surface area contributed by atoms with Crippen LogP contribution in [0.5, 0.6) is 0 Å². The van der Waals surface area contributed by atoms with Crippen molar-refractivity contribution in [1.29, 1.82) is 0 Å². The summed E-state index contributed by atoms with van der Waals surface area (Å²) in [6.45, 7) is 3.93. The predicted octanol–water partition coefficient (Wildman–Crippen LogP) is 0.717. The van der Waals surface area contributed by atoms with E-state index in [0.29, 0.717) is 5.13 Å². The fraction of sp³-hybridized carbons (Fsp3) is 0.455. The maximum atomic E-state index is 11.6. The van der Waals surface area contributed by atoms with Crippen LogP contribution in [0.3, 0.4) is 0 Å². The van der Waals surface area contributed by atoms with E-state index in [-0.39, 0.29) is 5.92 Å². The maximum absolute atomic E-state index is 11.6. The number of anilines is 1. The Hall–Kier alpha value is -2.16. The van der Waals surface area contributed by atoms with Gasteiger partial charge in [0, 0.05) is 5.38 Å². The topological polar surface area (TPSA) is 134 Å². The van der Waals surface area contributed by atoms with Gasteiger partial charge in [-0.05, 0) is 5.92 Å². The van der Waals surface area contributed by atoms with Crippen LogP contribution in [0.1, 0.15) is 31.9 Å². The summed E-state index contributed by atoms with van der Waals surface area (Å²) in [5.41, 5.74) is 5.74. The smallest absolute Gasteiger partial charge is 0.326 e. The second kappa shape index (κ2) is 6.85. The summed E-state index contributed by atoms with van der Waals surface area (Å²) in [4.78, 5) is 37.3. The number of hydrogen-bond donors (Lipinski definition) is 4. The third-order valence-corrected chi connectivity index (χ3v) is 3.12. The summed E-state index contributed by atoms with van der Waals surface area (Å²) in [6, 6.07) is -2.11. The molecule has 5 N–H and O–H groups in total. The molecule has 0 aliphatic rings. The van der Waals surface area contributed by atoms with Gasteiger partial charge in [0.1, 0.15) is 6.04 Å². The highest BCUT2D eigenvalue weighted by atomic mass is 32.1. The molecule has 3 amide bonds. The molecule has 0 aromatic carbocycles. The second-order valence-electron chi connectivity index (χ2n) is 4.39. The zero-order chi connectivity index (χ0) is 15.3. The molecule has 20 heavy (non-hydrogen) atoms. The Kier molecular flexibility index (Phi) is 5.44. The van der Waals surface area contributed by atoms with Gasteiger partial charge >= 0.3 is 12.0 Å². The molecule has 1 atom stereocenters. The largest absolute Gasteiger partial charge is 0.480 e. The molecule has 0 radical (unpaired) electrons. The Labute approximate surface area is 119 Å². The van der Waals surface area contributed by atoms with Gasteiger partial charge < -0.3 is 16.2 Å². The van der Waals surface area contributed by atoms with E-state index >= 15 is 0 Å². The molecule has 0 bridgehead atoms. The number of nitrogens with one attached hydrogen (secondary N) is 2. The van der Waals surface area contributed by atoms with Crippen LogP contribution < -0.4 is 16.4 Å². The Bertz CT molecular complexity index is 514. The van der Waals surface area contributed by atoms with Gasteiger partial charge in [-0.15, -0.1) is 11.3 Å². The maximum Gasteiger partial charge on any atom is 0.326 e. The quantitative estimate of drug-likeness (QED) is 0.614. The van der Waals surface area contributed by atoms with Crippen LogP contribution in [-0.4, -0.2) is 34.0 Å². The van der Waals surface area contributed by atoms with E-state index in [4.69, 9.17) is 10.8 Å². The number of nitrogens with zero attached hydrogens (tertiary/aromatic N) is 1. The first-order chi connectivity index (χ1) is 9.29. The van der Waals surface area contributed by atoms with Crippen molar-refractivity contribution in [1.82, 2.24) is 10.3 Å². The predicted molar refractivity (Wildman–Crippen MR) is 73.6 cm³/mol. The van der Waals surface area contributed by atoms with Crippen molar-refractivity contribution in [2.24, 2.45) is 5.73 Å². The average molecular weight is 300 g/mol. The van der Waals surface area contributed by atoms with Gasteiger partial charge in [-0.3, -0.25) is 10.1 Å². The molecule has 1 aromatic heterocycles. The van der Waals surface area contributed by atoms with E-state index in [2.05, 4.69) is 15.6 Å². The van der Waals surface area contributed by atoms with E-state index in [1.165, 1.54) is 11.3 Å². The average Bonchev–Trinajstić information content (AvgIpc) is 2.75. The highest BCUT2D eigenvalue weighted by Crippen LogP contribution is 2.21. The molecule has 0 fully saturated rings. The van der Waals surface area contributed by atoms with Crippen molar-refractivity contribution in [3.8, 4) is 0 Å². The molecule has 0 unspecified atom stereocenters. The zero-order valence-corrected chi connectivity index (χ0v) is 11.9. The molecule has 1 aromatic rings. The molecule has 0 aliphatic heterocycles. The summed E-state index contributed by atoms with van der Waals surface area (Å²) < 4.78 is 0. The van der Waals surface area contributed by atoms with Crippen LogP contribution in [0.2, 0.25) is 0 Å². The van der Waals surface area contributed by atoms with Crippen LogP contribution in [0, 0.1) is 0 Å². The SMILES string of the molecule is CC(C)c1csc(NC(=O)N[C@H](CC(N)=O)C(=O)O)n1. The second-order valence-corrected chi connectivity index (χ2v) is 5.25. The van der Waals surface area contributed by atoms with E-state index < -0.39 is 30.4 Å². The highest BCUT2D eigenvalue weighted by molar-refractivity contribution is 7.13. The number of nitrogens with two attached hydrogens (primary N) is 1. The number of urea groups is 1. The number of aliphatic carboxylic acids is 1. The summed E-state index contributed by atoms with van der Waals surface area (Å²) >= 11 is 1.23. The van der Waals surface area contributed by atoms with Crippen molar-refractivity contribution in [2.45, 2.75) is 32.2 Å². The van der Waals surface area contributed by atoms with E-state index in [9.17, 15) is 14.4 Å². The van der Waals surface area contributed by atoms with Gasteiger partial charge in [-0.2, -0.15) is 0 Å². The molecule has 110 valence electrons. The van der Waals surface area contributed by atoms with Gasteiger partial charge in [0.2, 0.25) is 5.91 Å². The first-order valence-corrected chi connectivity index (χ1v) is 6.71. The van der Waals surface area contributed by atoms with E-state index in [1.807, 2.05) is 13.8 Å². The number of primary amides is 1. The standard InChI is InChI=1S/C11H16N4O4S/c1-5(2)7-4-20-11(14-7)15-10(19)13-6(9(17)18)3-8(12)16/h4-6H,3H2,1-2H3,(H2,12,16)(H,17,18)(H2,13,14,15,19)/t6-/m1/s1. The number of amides is 3. The first-order valence-electron chi connectivity index (χ1n) is 5.83. The van der Waals surface area contributed by atoms with Crippen LogP contribution in [0.4, 0.5) is 9.93 Å². The Balaban J connectivity index is 2.60. The normalized spacial score (nSPS) is 11.9. The Morgan fingerprint density at radius 1 is 1.45 bits per heavy atom. The number of carboxylic acids is 1. The van der Waals surface area contributed by atoms with E-state index in [1.54, 1.807) is 5.38 Å². The van der Waals surface area contributed by atoms with Crippen molar-refractivity contribution in [2.75, 3.05) is 5.32 Å². The molecule has 0 saturated heterocycles. The molecule has 9 heteroatoms. The third kappa shape index (κ3) is 4.84. The monoisotopic (exact) mass is 300 g/mol. The summed E-state index contributed by atoms with van der Waals surface area (Å²) in [5.74, 6) is -1.92. The van der Waals surface area contributed by atoms with Gasteiger partial charge in [-0.1, -0.05) is 13.8 Å². The van der Waals surface area contributed by atoms with Crippen molar-refractivity contribution < 1.29 is 19.5 Å². The van der Waals surface area contributed by atoms with Gasteiger partial charge in [0.25, 0.3) is 0 Å². The van der Waals surface area contributed by atoms with Crippen LogP contribution in [0.25, 0.3) is 0 Å². The van der Waals surface area contributed by atoms with Gasteiger partial charge in [-0.25, -0.2) is 14.6 Å². The lowest BCUT2D eigenvalue weighted by molar-refractivity contribution is -0.140. The fourth-order valence-corrected chi connectivity index (χ4v) is 2.17. The number of thiazole rings is 1. The highest BCUT2D eigenvalue weighted by Gasteiger charge is 2.22. The number of carbonyl (C=O) groups is 3. The molecular formula is C11H16N4O4S. The van der Waals surface area contributed by atoms with Crippen LogP contribution >= 0.6 is 11.3 Å².